The highest BCUT2D eigenvalue weighted by atomic mass is 16.3. The first-order valence-corrected chi connectivity index (χ1v) is 5.26. The first-order valence-electron chi connectivity index (χ1n) is 5.26. The summed E-state index contributed by atoms with van der Waals surface area (Å²) in [5.74, 6) is 1.04. The second-order valence-electron chi connectivity index (χ2n) is 4.66. The summed E-state index contributed by atoms with van der Waals surface area (Å²) in [6.45, 7) is 12.3. The van der Waals surface area contributed by atoms with Crippen LogP contribution in [0.4, 0.5) is 0 Å². The lowest BCUT2D eigenvalue weighted by Gasteiger charge is -2.17. The zero-order valence-electron chi connectivity index (χ0n) is 9.51. The van der Waals surface area contributed by atoms with Crippen LogP contribution in [0.3, 0.4) is 0 Å². The van der Waals surface area contributed by atoms with E-state index < -0.39 is 0 Å². The average Bonchev–Trinajstić information content (AvgIpc) is 1.98. The molecule has 0 aromatic rings. The van der Waals surface area contributed by atoms with Gasteiger partial charge in [-0.1, -0.05) is 26.3 Å². The standard InChI is InChI=1S/C12H24O/c1-9(2)8-11(5)6-7-12(13)10(3)4/h10-13H,1,6-8H2,2-5H3/t11-,12+/m1/s1. The third kappa shape index (κ3) is 6.83. The summed E-state index contributed by atoms with van der Waals surface area (Å²) in [6.07, 6.45) is 2.98. The molecule has 1 nitrogen and oxygen atoms in total. The zero-order chi connectivity index (χ0) is 10.4. The van der Waals surface area contributed by atoms with Crippen molar-refractivity contribution in [2.45, 2.75) is 53.1 Å². The smallest absolute Gasteiger partial charge is 0.0563 e. The fourth-order valence-corrected chi connectivity index (χ4v) is 1.49. The van der Waals surface area contributed by atoms with E-state index >= 15 is 0 Å². The molecule has 0 saturated carbocycles. The van der Waals surface area contributed by atoms with Crippen molar-refractivity contribution >= 4 is 0 Å². The highest BCUT2D eigenvalue weighted by Gasteiger charge is 2.11. The predicted octanol–water partition coefficient (Wildman–Crippen LogP) is 3.39. The van der Waals surface area contributed by atoms with Gasteiger partial charge in [-0.3, -0.25) is 0 Å². The number of aliphatic hydroxyl groups is 1. The molecular formula is C12H24O. The Morgan fingerprint density at radius 2 is 1.77 bits per heavy atom. The van der Waals surface area contributed by atoms with E-state index in [4.69, 9.17) is 0 Å². The first kappa shape index (κ1) is 12.7. The van der Waals surface area contributed by atoms with Gasteiger partial charge in [0.15, 0.2) is 0 Å². The van der Waals surface area contributed by atoms with E-state index in [0.717, 1.165) is 19.3 Å². The Morgan fingerprint density at radius 3 is 2.15 bits per heavy atom. The summed E-state index contributed by atoms with van der Waals surface area (Å²) >= 11 is 0. The highest BCUT2D eigenvalue weighted by molar-refractivity contribution is 4.89. The molecule has 0 bridgehead atoms. The summed E-state index contributed by atoms with van der Waals surface area (Å²) in [6, 6.07) is 0. The zero-order valence-corrected chi connectivity index (χ0v) is 9.51. The van der Waals surface area contributed by atoms with E-state index in [1.807, 2.05) is 0 Å². The average molecular weight is 184 g/mol. The van der Waals surface area contributed by atoms with Crippen LogP contribution >= 0.6 is 0 Å². The van der Waals surface area contributed by atoms with Crippen molar-refractivity contribution in [3.05, 3.63) is 12.2 Å². The van der Waals surface area contributed by atoms with Gasteiger partial charge in [0.05, 0.1) is 6.10 Å². The number of aliphatic hydroxyl groups excluding tert-OH is 1. The maximum absolute atomic E-state index is 9.59. The lowest BCUT2D eigenvalue weighted by Crippen LogP contribution is -2.15. The fourth-order valence-electron chi connectivity index (χ4n) is 1.49. The van der Waals surface area contributed by atoms with Gasteiger partial charge in [0, 0.05) is 0 Å². The molecule has 0 aromatic heterocycles. The minimum Gasteiger partial charge on any atom is -0.393 e. The van der Waals surface area contributed by atoms with E-state index in [1.165, 1.54) is 5.57 Å². The minimum absolute atomic E-state index is 0.132. The molecule has 0 saturated heterocycles. The summed E-state index contributed by atoms with van der Waals surface area (Å²) in [7, 11) is 0. The molecule has 1 heteroatoms. The lowest BCUT2D eigenvalue weighted by atomic mass is 9.93. The Balaban J connectivity index is 3.57. The summed E-state index contributed by atoms with van der Waals surface area (Å²) in [4.78, 5) is 0. The fraction of sp³-hybridized carbons (Fsp3) is 0.833. The molecule has 0 radical (unpaired) electrons. The molecule has 0 aliphatic rings. The summed E-state index contributed by atoms with van der Waals surface area (Å²) in [5.41, 5.74) is 1.24. The SMILES string of the molecule is C=C(C)C[C@H](C)CC[C@H](O)C(C)C. The number of rotatable bonds is 6. The lowest BCUT2D eigenvalue weighted by molar-refractivity contribution is 0.109. The topological polar surface area (TPSA) is 20.2 Å². The van der Waals surface area contributed by atoms with Gasteiger partial charge in [-0.05, 0) is 38.0 Å². The van der Waals surface area contributed by atoms with Crippen molar-refractivity contribution in [3.63, 3.8) is 0 Å². The number of hydrogen-bond donors (Lipinski definition) is 1. The van der Waals surface area contributed by atoms with Crippen LogP contribution in [0.2, 0.25) is 0 Å². The number of allylic oxidation sites excluding steroid dienone is 1. The normalized spacial score (nSPS) is 15.8. The van der Waals surface area contributed by atoms with Crippen LogP contribution < -0.4 is 0 Å². The molecule has 0 unspecified atom stereocenters. The van der Waals surface area contributed by atoms with Gasteiger partial charge in [-0.25, -0.2) is 0 Å². The Labute approximate surface area is 82.9 Å². The van der Waals surface area contributed by atoms with Gasteiger partial charge in [-0.2, -0.15) is 0 Å². The largest absolute Gasteiger partial charge is 0.393 e. The third-order valence-corrected chi connectivity index (χ3v) is 2.42. The Hall–Kier alpha value is -0.300. The molecule has 0 aliphatic carbocycles. The molecular weight excluding hydrogens is 160 g/mol. The maximum atomic E-state index is 9.59. The van der Waals surface area contributed by atoms with E-state index in [0.29, 0.717) is 11.8 Å². The van der Waals surface area contributed by atoms with Gasteiger partial charge in [-0.15, -0.1) is 6.58 Å². The molecule has 0 rings (SSSR count). The van der Waals surface area contributed by atoms with Crippen molar-refractivity contribution in [2.24, 2.45) is 11.8 Å². The molecule has 1 N–H and O–H groups in total. The van der Waals surface area contributed by atoms with E-state index in [2.05, 4.69) is 34.3 Å². The van der Waals surface area contributed by atoms with Crippen LogP contribution in [0.25, 0.3) is 0 Å². The van der Waals surface area contributed by atoms with Crippen molar-refractivity contribution in [1.29, 1.82) is 0 Å². The minimum atomic E-state index is -0.132. The van der Waals surface area contributed by atoms with Crippen molar-refractivity contribution < 1.29 is 5.11 Å². The first-order chi connectivity index (χ1) is 5.93. The van der Waals surface area contributed by atoms with Crippen molar-refractivity contribution in [3.8, 4) is 0 Å². The predicted molar refractivity (Wildman–Crippen MR) is 58.7 cm³/mol. The number of hydrogen-bond acceptors (Lipinski definition) is 1. The molecule has 0 heterocycles. The van der Waals surface area contributed by atoms with Crippen molar-refractivity contribution in [1.82, 2.24) is 0 Å². The summed E-state index contributed by atoms with van der Waals surface area (Å²) < 4.78 is 0. The van der Waals surface area contributed by atoms with Crippen LogP contribution in [0.1, 0.15) is 47.0 Å². The Kier molecular flexibility index (Phi) is 6.06. The monoisotopic (exact) mass is 184 g/mol. The van der Waals surface area contributed by atoms with Crippen LogP contribution in [-0.4, -0.2) is 11.2 Å². The maximum Gasteiger partial charge on any atom is 0.0563 e. The van der Waals surface area contributed by atoms with Gasteiger partial charge in [0.25, 0.3) is 0 Å². The van der Waals surface area contributed by atoms with Crippen LogP contribution in [0, 0.1) is 11.8 Å². The van der Waals surface area contributed by atoms with Crippen LogP contribution in [0.15, 0.2) is 12.2 Å². The van der Waals surface area contributed by atoms with Crippen LogP contribution in [-0.2, 0) is 0 Å². The molecule has 0 amide bonds. The quantitative estimate of drug-likeness (QED) is 0.627. The second kappa shape index (κ2) is 6.20. The molecule has 2 atom stereocenters. The molecule has 0 spiro atoms. The third-order valence-electron chi connectivity index (χ3n) is 2.42. The molecule has 0 fully saturated rings. The molecule has 0 aliphatic heterocycles. The Bertz CT molecular complexity index is 149. The highest BCUT2D eigenvalue weighted by Crippen LogP contribution is 2.18. The summed E-state index contributed by atoms with van der Waals surface area (Å²) in [5, 5.41) is 9.59. The van der Waals surface area contributed by atoms with E-state index in [9.17, 15) is 5.11 Å². The van der Waals surface area contributed by atoms with Gasteiger partial charge in [0.1, 0.15) is 0 Å². The molecule has 0 aromatic carbocycles. The second-order valence-corrected chi connectivity index (χ2v) is 4.66. The molecule has 13 heavy (non-hydrogen) atoms. The van der Waals surface area contributed by atoms with Gasteiger partial charge < -0.3 is 5.11 Å². The Morgan fingerprint density at radius 1 is 1.23 bits per heavy atom. The molecule has 78 valence electrons. The van der Waals surface area contributed by atoms with E-state index in [1.54, 1.807) is 0 Å². The van der Waals surface area contributed by atoms with Gasteiger partial charge >= 0.3 is 0 Å². The van der Waals surface area contributed by atoms with Crippen molar-refractivity contribution in [2.75, 3.05) is 0 Å². The van der Waals surface area contributed by atoms with Gasteiger partial charge in [0.2, 0.25) is 0 Å². The van der Waals surface area contributed by atoms with Crippen LogP contribution in [0.5, 0.6) is 0 Å². The van der Waals surface area contributed by atoms with E-state index in [-0.39, 0.29) is 6.10 Å².